The third-order valence-corrected chi connectivity index (χ3v) is 10.3. The zero-order valence-electron chi connectivity index (χ0n) is 26.5. The molecule has 2 unspecified atom stereocenters. The number of methoxy groups -OCH3 is 1. The smallest absolute Gasteiger partial charge is 0.340 e. The summed E-state index contributed by atoms with van der Waals surface area (Å²) in [4.78, 5) is 32.6. The Hall–Kier alpha value is -3.57. The molecule has 2 bridgehead atoms. The number of carbonyl (C=O) groups is 2. The van der Waals surface area contributed by atoms with Gasteiger partial charge in [-0.15, -0.1) is 0 Å². The molecule has 248 valence electrons. The van der Waals surface area contributed by atoms with Crippen molar-refractivity contribution < 1.29 is 28.2 Å². The largest absolute Gasteiger partial charge is 0.472 e. The topological polar surface area (TPSA) is 83.6 Å². The van der Waals surface area contributed by atoms with Crippen LogP contribution < -0.4 is 19.9 Å². The number of nitrogens with one attached hydrogen (secondary N) is 1. The highest BCUT2D eigenvalue weighted by Crippen LogP contribution is 2.43. The molecule has 3 fully saturated rings. The summed E-state index contributed by atoms with van der Waals surface area (Å²) in [6.45, 7) is 7.10. The van der Waals surface area contributed by atoms with Gasteiger partial charge in [0.2, 0.25) is 0 Å². The van der Waals surface area contributed by atoms with E-state index in [0.717, 1.165) is 31.6 Å². The second-order valence-corrected chi connectivity index (χ2v) is 13.7. The molecule has 4 atom stereocenters. The second kappa shape index (κ2) is 12.8. The Morgan fingerprint density at radius 1 is 1.02 bits per heavy atom. The van der Waals surface area contributed by atoms with Crippen molar-refractivity contribution in [2.75, 3.05) is 49.9 Å². The first-order chi connectivity index (χ1) is 22.6. The van der Waals surface area contributed by atoms with E-state index in [9.17, 15) is 9.59 Å². The van der Waals surface area contributed by atoms with Gasteiger partial charge in [0.05, 0.1) is 65.8 Å². The van der Waals surface area contributed by atoms with E-state index in [2.05, 4.69) is 29.0 Å². The van der Waals surface area contributed by atoms with Crippen LogP contribution in [-0.4, -0.2) is 81.1 Å². The van der Waals surface area contributed by atoms with Crippen LogP contribution >= 0.6 is 23.2 Å². The fourth-order valence-corrected chi connectivity index (χ4v) is 8.00. The molecule has 0 aliphatic carbocycles. The van der Waals surface area contributed by atoms with Gasteiger partial charge in [-0.25, -0.2) is 9.18 Å². The zero-order chi connectivity index (χ0) is 33.0. The SMILES string of the molecule is COC(=O)c1cc(F)c(-c2cccc3c2OCN(C(=O)c2c(Cl)cc(N4C[C@H](C)NC[C@H]4C)cc2Cl)C3)cc1N1C2CCC1COC2. The quantitative estimate of drug-likeness (QED) is 0.322. The fourth-order valence-electron chi connectivity index (χ4n) is 7.36. The number of ether oxygens (including phenoxy) is 3. The molecule has 3 aromatic carbocycles. The van der Waals surface area contributed by atoms with Crippen LogP contribution in [0.3, 0.4) is 0 Å². The Morgan fingerprint density at radius 2 is 1.74 bits per heavy atom. The number of fused-ring (bicyclic) bond motifs is 3. The minimum atomic E-state index is -0.598. The standard InChI is InChI=1S/C35H37Cl2FN4O5/c1-19-14-41(20(2)13-39-19)24-9-28(36)32(29(37)10-24)34(43)40-15-21-5-4-6-25(33(21)47-18-40)26-12-31(27(11-30(26)38)35(44)45-3)42-22-7-8-23(42)17-46-16-22/h4-6,9-12,19-20,22-23,39H,7-8,13-18H2,1-3H3/t19-,20+,22?,23?/m0/s1. The van der Waals surface area contributed by atoms with E-state index < -0.39 is 11.8 Å². The monoisotopic (exact) mass is 682 g/mol. The van der Waals surface area contributed by atoms with E-state index in [1.54, 1.807) is 24.3 Å². The maximum absolute atomic E-state index is 15.9. The number of benzene rings is 3. The van der Waals surface area contributed by atoms with Crippen molar-refractivity contribution in [1.29, 1.82) is 0 Å². The van der Waals surface area contributed by atoms with E-state index in [1.807, 2.05) is 12.1 Å². The van der Waals surface area contributed by atoms with Gasteiger partial charge in [-0.1, -0.05) is 41.4 Å². The van der Waals surface area contributed by atoms with Gasteiger partial charge in [0.25, 0.3) is 5.91 Å². The van der Waals surface area contributed by atoms with Gasteiger partial charge in [-0.2, -0.15) is 0 Å². The van der Waals surface area contributed by atoms with Crippen molar-refractivity contribution in [1.82, 2.24) is 10.2 Å². The second-order valence-electron chi connectivity index (χ2n) is 12.8. The number of esters is 1. The van der Waals surface area contributed by atoms with Crippen LogP contribution in [0.15, 0.2) is 42.5 Å². The van der Waals surface area contributed by atoms with Crippen molar-refractivity contribution in [3.63, 3.8) is 0 Å². The van der Waals surface area contributed by atoms with Crippen molar-refractivity contribution in [3.8, 4) is 16.9 Å². The molecule has 3 saturated heterocycles. The Morgan fingerprint density at radius 3 is 2.45 bits per heavy atom. The zero-order valence-corrected chi connectivity index (χ0v) is 28.0. The molecule has 4 aliphatic rings. The van der Waals surface area contributed by atoms with Gasteiger partial charge in [0, 0.05) is 47.6 Å². The molecular weight excluding hydrogens is 646 g/mol. The first-order valence-electron chi connectivity index (χ1n) is 16.0. The first-order valence-corrected chi connectivity index (χ1v) is 16.7. The molecule has 7 rings (SSSR count). The molecule has 0 saturated carbocycles. The number of para-hydroxylation sites is 1. The van der Waals surface area contributed by atoms with E-state index in [1.165, 1.54) is 18.1 Å². The lowest BCUT2D eigenvalue weighted by Gasteiger charge is -2.39. The van der Waals surface area contributed by atoms with Crippen LogP contribution in [0.2, 0.25) is 10.0 Å². The van der Waals surface area contributed by atoms with Crippen LogP contribution in [-0.2, 0) is 16.0 Å². The van der Waals surface area contributed by atoms with Gasteiger partial charge in [0.1, 0.15) is 11.6 Å². The lowest BCUT2D eigenvalue weighted by molar-refractivity contribution is 0.0515. The third-order valence-electron chi connectivity index (χ3n) is 9.75. The predicted molar refractivity (Wildman–Crippen MR) is 179 cm³/mol. The molecule has 0 radical (unpaired) electrons. The molecule has 4 heterocycles. The number of hydrogen-bond acceptors (Lipinski definition) is 8. The average Bonchev–Trinajstić information content (AvgIpc) is 3.31. The van der Waals surface area contributed by atoms with E-state index in [4.69, 9.17) is 37.4 Å². The molecular formula is C35H37Cl2FN4O5. The molecule has 1 N–H and O–H groups in total. The normalized spacial score (nSPS) is 23.7. The Bertz CT molecular complexity index is 1700. The lowest BCUT2D eigenvalue weighted by atomic mass is 9.96. The molecule has 0 aromatic heterocycles. The van der Waals surface area contributed by atoms with Gasteiger partial charge < -0.3 is 34.2 Å². The summed E-state index contributed by atoms with van der Waals surface area (Å²) in [6, 6.07) is 12.7. The lowest BCUT2D eigenvalue weighted by Crippen LogP contribution is -2.54. The minimum absolute atomic E-state index is 0.0774. The maximum atomic E-state index is 15.9. The van der Waals surface area contributed by atoms with Crippen LogP contribution in [0.5, 0.6) is 5.75 Å². The van der Waals surface area contributed by atoms with Crippen LogP contribution in [0, 0.1) is 5.82 Å². The number of carbonyl (C=O) groups excluding carboxylic acids is 2. The molecule has 4 aliphatic heterocycles. The summed E-state index contributed by atoms with van der Waals surface area (Å²) < 4.78 is 32.9. The Kier molecular flexibility index (Phi) is 8.72. The van der Waals surface area contributed by atoms with Crippen molar-refractivity contribution in [2.45, 2.75) is 57.4 Å². The van der Waals surface area contributed by atoms with Crippen LogP contribution in [0.4, 0.5) is 15.8 Å². The maximum Gasteiger partial charge on any atom is 0.340 e. The third kappa shape index (κ3) is 5.79. The fraction of sp³-hybridized carbons (Fsp3) is 0.429. The highest BCUT2D eigenvalue weighted by molar-refractivity contribution is 6.40. The van der Waals surface area contributed by atoms with Gasteiger partial charge in [0.15, 0.2) is 6.73 Å². The molecule has 0 spiro atoms. The minimum Gasteiger partial charge on any atom is -0.472 e. The van der Waals surface area contributed by atoms with E-state index in [0.29, 0.717) is 47.4 Å². The summed E-state index contributed by atoms with van der Waals surface area (Å²) in [6.07, 6.45) is 1.85. The van der Waals surface area contributed by atoms with Crippen molar-refractivity contribution >= 4 is 46.5 Å². The summed E-state index contributed by atoms with van der Waals surface area (Å²) >= 11 is 13.4. The summed E-state index contributed by atoms with van der Waals surface area (Å²) in [5.74, 6) is -1.05. The molecule has 3 aromatic rings. The highest BCUT2D eigenvalue weighted by Gasteiger charge is 2.40. The Labute approximate surface area is 283 Å². The molecule has 9 nitrogen and oxygen atoms in total. The summed E-state index contributed by atoms with van der Waals surface area (Å²) in [5, 5.41) is 4.01. The number of piperazine rings is 1. The number of amides is 1. The van der Waals surface area contributed by atoms with Crippen molar-refractivity contribution in [3.05, 3.63) is 75.0 Å². The summed E-state index contributed by atoms with van der Waals surface area (Å²) in [7, 11) is 1.29. The number of nitrogens with zero attached hydrogens (tertiary/aromatic N) is 3. The molecule has 47 heavy (non-hydrogen) atoms. The van der Waals surface area contributed by atoms with Crippen LogP contribution in [0.25, 0.3) is 11.1 Å². The summed E-state index contributed by atoms with van der Waals surface area (Å²) in [5.41, 5.74) is 3.41. The van der Waals surface area contributed by atoms with E-state index in [-0.39, 0.29) is 58.5 Å². The van der Waals surface area contributed by atoms with E-state index >= 15 is 4.39 Å². The Balaban J connectivity index is 1.18. The van der Waals surface area contributed by atoms with Crippen molar-refractivity contribution in [2.24, 2.45) is 0 Å². The van der Waals surface area contributed by atoms with Crippen LogP contribution in [0.1, 0.15) is 53.0 Å². The average molecular weight is 684 g/mol. The van der Waals surface area contributed by atoms with Gasteiger partial charge in [-0.3, -0.25) is 4.79 Å². The number of anilines is 2. The molecule has 1 amide bonds. The van der Waals surface area contributed by atoms with Gasteiger partial charge in [-0.05, 0) is 51.0 Å². The highest BCUT2D eigenvalue weighted by atomic mass is 35.5. The number of hydrogen-bond donors (Lipinski definition) is 1. The van der Waals surface area contributed by atoms with Gasteiger partial charge >= 0.3 is 5.97 Å². The first kappa shape index (κ1) is 32.0. The molecule has 12 heteroatoms. The number of rotatable bonds is 5. The number of halogens is 3. The predicted octanol–water partition coefficient (Wildman–Crippen LogP) is 6.13. The number of morpholine rings is 1.